The molecule has 7 nitrogen and oxygen atoms in total. The molecule has 0 bridgehead atoms. The van der Waals surface area contributed by atoms with Gasteiger partial charge in [-0.1, -0.05) is 0 Å². The van der Waals surface area contributed by atoms with Gasteiger partial charge >= 0.3 is 6.09 Å². The largest absolute Gasteiger partial charge is 0.492 e. The van der Waals surface area contributed by atoms with Gasteiger partial charge in [-0.25, -0.2) is 4.79 Å². The number of anilines is 1. The molecule has 0 unspecified atom stereocenters. The fraction of sp³-hybridized carbons (Fsp3) is 0.471. The number of aromatic nitrogens is 2. The van der Waals surface area contributed by atoms with Crippen LogP contribution in [0.25, 0.3) is 10.9 Å². The summed E-state index contributed by atoms with van der Waals surface area (Å²) >= 11 is 0. The molecule has 0 aliphatic carbocycles. The Morgan fingerprint density at radius 2 is 1.83 bits per heavy atom. The Kier molecular flexibility index (Phi) is 4.17. The molecular formula is C17H22N4O3. The van der Waals surface area contributed by atoms with E-state index in [0.717, 1.165) is 29.7 Å². The Balaban J connectivity index is 1.67. The molecule has 0 atom stereocenters. The van der Waals surface area contributed by atoms with Crippen LogP contribution in [0.3, 0.4) is 0 Å². The third-order valence-corrected chi connectivity index (χ3v) is 3.85. The third-order valence-electron chi connectivity index (χ3n) is 3.85. The van der Waals surface area contributed by atoms with Gasteiger partial charge in [-0.15, -0.1) is 10.2 Å². The van der Waals surface area contributed by atoms with E-state index in [1.54, 1.807) is 11.0 Å². The number of rotatable bonds is 1. The minimum Gasteiger partial charge on any atom is -0.492 e. The van der Waals surface area contributed by atoms with Crippen LogP contribution in [-0.4, -0.2) is 58.1 Å². The first-order valence-corrected chi connectivity index (χ1v) is 8.01. The molecule has 1 amide bonds. The molecule has 1 aliphatic heterocycles. The highest BCUT2D eigenvalue weighted by molar-refractivity contribution is 5.83. The quantitative estimate of drug-likeness (QED) is 0.865. The van der Waals surface area contributed by atoms with Gasteiger partial charge < -0.3 is 19.6 Å². The minimum absolute atomic E-state index is 0.0885. The molecule has 7 heteroatoms. The average molecular weight is 330 g/mol. The second-order valence-corrected chi connectivity index (χ2v) is 6.90. The number of hydrogen-bond donors (Lipinski definition) is 1. The van der Waals surface area contributed by atoms with Crippen LogP contribution in [0.4, 0.5) is 10.5 Å². The van der Waals surface area contributed by atoms with Gasteiger partial charge in [0.15, 0.2) is 0 Å². The molecule has 1 aromatic heterocycles. The van der Waals surface area contributed by atoms with Crippen molar-refractivity contribution < 1.29 is 14.6 Å². The summed E-state index contributed by atoms with van der Waals surface area (Å²) in [6.07, 6.45) is -0.263. The number of aromatic hydroxyl groups is 1. The number of piperazine rings is 1. The number of nitrogens with zero attached hydrogens (tertiary/aromatic N) is 4. The highest BCUT2D eigenvalue weighted by atomic mass is 16.6. The maximum atomic E-state index is 12.1. The lowest BCUT2D eigenvalue weighted by atomic mass is 10.2. The van der Waals surface area contributed by atoms with E-state index in [1.165, 1.54) is 0 Å². The molecule has 0 spiro atoms. The molecule has 2 heterocycles. The molecule has 0 radical (unpaired) electrons. The topological polar surface area (TPSA) is 78.8 Å². The van der Waals surface area contributed by atoms with Crippen LogP contribution < -0.4 is 4.90 Å². The zero-order valence-electron chi connectivity index (χ0n) is 14.2. The van der Waals surface area contributed by atoms with E-state index >= 15 is 0 Å². The van der Waals surface area contributed by atoms with Crippen molar-refractivity contribution in [3.8, 4) is 5.88 Å². The molecule has 24 heavy (non-hydrogen) atoms. The fourth-order valence-electron chi connectivity index (χ4n) is 2.69. The van der Waals surface area contributed by atoms with Crippen molar-refractivity contribution in [2.24, 2.45) is 0 Å². The molecule has 1 saturated heterocycles. The van der Waals surface area contributed by atoms with Crippen LogP contribution in [0.5, 0.6) is 5.88 Å². The van der Waals surface area contributed by atoms with E-state index in [9.17, 15) is 9.90 Å². The Hall–Kier alpha value is -2.57. The van der Waals surface area contributed by atoms with E-state index in [0.29, 0.717) is 13.1 Å². The van der Waals surface area contributed by atoms with Gasteiger partial charge in [0.1, 0.15) is 5.60 Å². The molecule has 1 aliphatic rings. The lowest BCUT2D eigenvalue weighted by Gasteiger charge is -2.36. The standard InChI is InChI=1S/C17H22N4O3/c1-17(2,3)24-16(23)21-8-6-20(7-9-21)13-4-5-14-12(10-13)11-15(22)19-18-14/h4-5,10-11H,6-9H2,1-3H3,(H,19,22). The third kappa shape index (κ3) is 3.67. The Labute approximate surface area is 140 Å². The van der Waals surface area contributed by atoms with Gasteiger partial charge in [0.2, 0.25) is 5.88 Å². The Morgan fingerprint density at radius 1 is 1.12 bits per heavy atom. The van der Waals surface area contributed by atoms with Crippen LogP contribution in [0, 0.1) is 0 Å². The molecule has 1 fully saturated rings. The first-order valence-electron chi connectivity index (χ1n) is 8.01. The zero-order valence-corrected chi connectivity index (χ0v) is 14.2. The van der Waals surface area contributed by atoms with Crippen LogP contribution in [0.2, 0.25) is 0 Å². The van der Waals surface area contributed by atoms with Crippen molar-refractivity contribution in [2.75, 3.05) is 31.1 Å². The molecular weight excluding hydrogens is 308 g/mol. The smallest absolute Gasteiger partial charge is 0.410 e. The summed E-state index contributed by atoms with van der Waals surface area (Å²) in [7, 11) is 0. The van der Waals surface area contributed by atoms with E-state index in [2.05, 4.69) is 15.1 Å². The number of hydrogen-bond acceptors (Lipinski definition) is 6. The van der Waals surface area contributed by atoms with Crippen LogP contribution in [0.1, 0.15) is 20.8 Å². The molecule has 1 aromatic carbocycles. The fourth-order valence-corrected chi connectivity index (χ4v) is 2.69. The number of fused-ring (bicyclic) bond motifs is 1. The highest BCUT2D eigenvalue weighted by Crippen LogP contribution is 2.23. The lowest BCUT2D eigenvalue weighted by molar-refractivity contribution is 0.0240. The maximum Gasteiger partial charge on any atom is 0.410 e. The summed E-state index contributed by atoms with van der Waals surface area (Å²) in [5.41, 5.74) is 1.30. The SMILES string of the molecule is CC(C)(C)OC(=O)N1CCN(c2ccc3nnc(O)cc3c2)CC1. The summed E-state index contributed by atoms with van der Waals surface area (Å²) in [5, 5.41) is 17.9. The molecule has 2 aromatic rings. The predicted octanol–water partition coefficient (Wildman–Crippen LogP) is 2.39. The van der Waals surface area contributed by atoms with E-state index < -0.39 is 5.60 Å². The van der Waals surface area contributed by atoms with Crippen molar-refractivity contribution in [1.82, 2.24) is 15.1 Å². The summed E-state index contributed by atoms with van der Waals surface area (Å²) in [5.74, 6) is -0.0885. The van der Waals surface area contributed by atoms with Gasteiger partial charge in [-0.2, -0.15) is 0 Å². The highest BCUT2D eigenvalue weighted by Gasteiger charge is 2.26. The second-order valence-electron chi connectivity index (χ2n) is 6.90. The Bertz CT molecular complexity index is 749. The van der Waals surface area contributed by atoms with Gasteiger partial charge in [-0.05, 0) is 39.0 Å². The molecule has 3 rings (SSSR count). The second kappa shape index (κ2) is 6.14. The summed E-state index contributed by atoms with van der Waals surface area (Å²) in [4.78, 5) is 16.1. The van der Waals surface area contributed by atoms with Gasteiger partial charge in [-0.3, -0.25) is 0 Å². The van der Waals surface area contributed by atoms with Crippen LogP contribution in [-0.2, 0) is 4.74 Å². The minimum atomic E-state index is -0.477. The van der Waals surface area contributed by atoms with Crippen molar-refractivity contribution >= 4 is 22.7 Å². The number of carbonyl (C=O) groups excluding carboxylic acids is 1. The summed E-state index contributed by atoms with van der Waals surface area (Å²) < 4.78 is 5.41. The van der Waals surface area contributed by atoms with Crippen molar-refractivity contribution in [1.29, 1.82) is 0 Å². The van der Waals surface area contributed by atoms with Crippen molar-refractivity contribution in [3.05, 3.63) is 24.3 Å². The van der Waals surface area contributed by atoms with E-state index in [1.807, 2.05) is 39.0 Å². The van der Waals surface area contributed by atoms with Crippen molar-refractivity contribution in [3.63, 3.8) is 0 Å². The van der Waals surface area contributed by atoms with Crippen molar-refractivity contribution in [2.45, 2.75) is 26.4 Å². The van der Waals surface area contributed by atoms with Crippen LogP contribution in [0.15, 0.2) is 24.3 Å². The number of ether oxygens (including phenoxy) is 1. The first kappa shape index (κ1) is 16.3. The first-order chi connectivity index (χ1) is 11.3. The number of amides is 1. The van der Waals surface area contributed by atoms with Gasteiger partial charge in [0.05, 0.1) is 5.52 Å². The predicted molar refractivity (Wildman–Crippen MR) is 91.2 cm³/mol. The molecule has 1 N–H and O–H groups in total. The molecule has 0 saturated carbocycles. The number of benzene rings is 1. The monoisotopic (exact) mass is 330 g/mol. The average Bonchev–Trinajstić information content (AvgIpc) is 2.52. The summed E-state index contributed by atoms with van der Waals surface area (Å²) in [6.45, 7) is 8.31. The van der Waals surface area contributed by atoms with Gasteiger partial charge in [0.25, 0.3) is 0 Å². The zero-order chi connectivity index (χ0) is 17.3. The lowest BCUT2D eigenvalue weighted by Crippen LogP contribution is -2.50. The Morgan fingerprint density at radius 3 is 2.50 bits per heavy atom. The van der Waals surface area contributed by atoms with E-state index in [4.69, 9.17) is 4.74 Å². The van der Waals surface area contributed by atoms with Gasteiger partial charge in [0, 0.05) is 43.3 Å². The maximum absolute atomic E-state index is 12.1. The summed E-state index contributed by atoms with van der Waals surface area (Å²) in [6, 6.07) is 7.45. The van der Waals surface area contributed by atoms with E-state index in [-0.39, 0.29) is 12.0 Å². The van der Waals surface area contributed by atoms with Crippen LogP contribution >= 0.6 is 0 Å². The number of carbonyl (C=O) groups is 1. The normalized spacial score (nSPS) is 15.6. The molecule has 128 valence electrons.